The molecule has 0 saturated heterocycles. The first-order valence-corrected chi connectivity index (χ1v) is 5.33. The first-order chi connectivity index (χ1) is 7.43. The van der Waals surface area contributed by atoms with Crippen LogP contribution in [0.5, 0.6) is 0 Å². The lowest BCUT2D eigenvalue weighted by Gasteiger charge is -2.20. The highest BCUT2D eigenvalue weighted by molar-refractivity contribution is 5.86. The summed E-state index contributed by atoms with van der Waals surface area (Å²) in [6.07, 6.45) is 0.723. The second kappa shape index (κ2) is 7.19. The molecule has 0 aromatic rings. The predicted molar refractivity (Wildman–Crippen MR) is 58.7 cm³/mol. The van der Waals surface area contributed by atoms with Crippen molar-refractivity contribution in [3.05, 3.63) is 0 Å². The highest BCUT2D eigenvalue weighted by atomic mass is 16.4. The minimum absolute atomic E-state index is 0.0106. The first-order valence-electron chi connectivity index (χ1n) is 5.33. The Balaban J connectivity index is 4.34. The van der Waals surface area contributed by atoms with Gasteiger partial charge in [0.2, 0.25) is 5.91 Å². The van der Waals surface area contributed by atoms with Gasteiger partial charge in [-0.25, -0.2) is 4.79 Å². The number of rotatable bonds is 7. The number of carbonyl (C=O) groups is 2. The molecule has 0 fully saturated rings. The lowest BCUT2D eigenvalue weighted by molar-refractivity contribution is -0.142. The average molecular weight is 232 g/mol. The zero-order valence-electron chi connectivity index (χ0n) is 9.64. The van der Waals surface area contributed by atoms with Crippen LogP contribution in [0.15, 0.2) is 0 Å². The van der Waals surface area contributed by atoms with E-state index in [0.717, 1.165) is 6.42 Å². The molecular weight excluding hydrogens is 212 g/mol. The molecule has 2 unspecified atom stereocenters. The van der Waals surface area contributed by atoms with Gasteiger partial charge in [0.1, 0.15) is 6.04 Å². The fourth-order valence-electron chi connectivity index (χ4n) is 1.17. The highest BCUT2D eigenvalue weighted by Crippen LogP contribution is 2.05. The summed E-state index contributed by atoms with van der Waals surface area (Å²) in [5.74, 6) is -1.67. The number of aliphatic hydroxyl groups excluding tert-OH is 1. The van der Waals surface area contributed by atoms with E-state index in [0.29, 0.717) is 0 Å². The van der Waals surface area contributed by atoms with Gasteiger partial charge in [0, 0.05) is 13.0 Å². The molecule has 0 aromatic heterocycles. The Labute approximate surface area is 94.8 Å². The van der Waals surface area contributed by atoms with Crippen molar-refractivity contribution in [3.8, 4) is 0 Å². The van der Waals surface area contributed by atoms with Crippen LogP contribution in [0.25, 0.3) is 0 Å². The molecule has 0 radical (unpaired) electrons. The van der Waals surface area contributed by atoms with E-state index >= 15 is 0 Å². The van der Waals surface area contributed by atoms with E-state index < -0.39 is 24.0 Å². The van der Waals surface area contributed by atoms with Crippen molar-refractivity contribution in [1.82, 2.24) is 5.32 Å². The molecule has 0 aromatic carbocycles. The number of aliphatic hydroxyl groups is 1. The van der Waals surface area contributed by atoms with E-state index in [2.05, 4.69) is 5.32 Å². The van der Waals surface area contributed by atoms with Crippen LogP contribution >= 0.6 is 0 Å². The van der Waals surface area contributed by atoms with E-state index in [1.807, 2.05) is 13.8 Å². The smallest absolute Gasteiger partial charge is 0.326 e. The van der Waals surface area contributed by atoms with Crippen LogP contribution in [-0.2, 0) is 9.59 Å². The van der Waals surface area contributed by atoms with Crippen LogP contribution < -0.4 is 11.1 Å². The number of carboxylic acid groups (broad SMARTS) is 1. The summed E-state index contributed by atoms with van der Waals surface area (Å²) in [6, 6.07) is -1.79. The number of hydrogen-bond donors (Lipinski definition) is 4. The number of carboxylic acids is 1. The molecule has 0 aliphatic carbocycles. The Morgan fingerprint density at radius 1 is 1.44 bits per heavy atom. The molecule has 0 aliphatic rings. The van der Waals surface area contributed by atoms with Crippen molar-refractivity contribution in [1.29, 1.82) is 0 Å². The molecular formula is C10H20N2O4. The number of carbonyl (C=O) groups excluding carboxylic acids is 1. The fourth-order valence-corrected chi connectivity index (χ4v) is 1.17. The summed E-state index contributed by atoms with van der Waals surface area (Å²) in [5.41, 5.74) is 5.65. The number of hydrogen-bond acceptors (Lipinski definition) is 4. The van der Waals surface area contributed by atoms with Crippen LogP contribution in [-0.4, -0.2) is 40.8 Å². The second-order valence-corrected chi connectivity index (χ2v) is 3.82. The summed E-state index contributed by atoms with van der Waals surface area (Å²) in [6.45, 7) is 3.43. The fraction of sp³-hybridized carbons (Fsp3) is 0.800. The van der Waals surface area contributed by atoms with Gasteiger partial charge >= 0.3 is 5.97 Å². The molecule has 0 rings (SSSR count). The number of amides is 1. The predicted octanol–water partition coefficient (Wildman–Crippen LogP) is -0.688. The van der Waals surface area contributed by atoms with Crippen molar-refractivity contribution in [2.75, 3.05) is 6.61 Å². The standard InChI is InChI=1S/C10H20N2O4/c1-3-6(2)8(11)9(14)12-7(4-5-13)10(15)16/h6-8,13H,3-5,11H2,1-2H3,(H,12,14)(H,15,16)/t6?,7-,8?/m0/s1. The molecule has 94 valence electrons. The van der Waals surface area contributed by atoms with Gasteiger partial charge in [0.05, 0.1) is 6.04 Å². The molecule has 6 nitrogen and oxygen atoms in total. The van der Waals surface area contributed by atoms with Crippen molar-refractivity contribution in [2.45, 2.75) is 38.8 Å². The summed E-state index contributed by atoms with van der Waals surface area (Å²) >= 11 is 0. The van der Waals surface area contributed by atoms with Gasteiger partial charge in [-0.3, -0.25) is 4.79 Å². The van der Waals surface area contributed by atoms with Crippen LogP contribution in [0.3, 0.4) is 0 Å². The quantitative estimate of drug-likeness (QED) is 0.464. The minimum Gasteiger partial charge on any atom is -0.480 e. The van der Waals surface area contributed by atoms with E-state index in [-0.39, 0.29) is 18.9 Å². The van der Waals surface area contributed by atoms with Crippen molar-refractivity contribution in [3.63, 3.8) is 0 Å². The molecule has 3 atom stereocenters. The van der Waals surface area contributed by atoms with Crippen LogP contribution in [0.1, 0.15) is 26.7 Å². The van der Waals surface area contributed by atoms with Gasteiger partial charge in [-0.15, -0.1) is 0 Å². The zero-order valence-corrected chi connectivity index (χ0v) is 9.64. The van der Waals surface area contributed by atoms with Crippen LogP contribution in [0, 0.1) is 5.92 Å². The maximum atomic E-state index is 11.6. The maximum absolute atomic E-state index is 11.6. The first kappa shape index (κ1) is 14.9. The third-order valence-corrected chi connectivity index (χ3v) is 2.59. The Morgan fingerprint density at radius 2 is 2.00 bits per heavy atom. The lowest BCUT2D eigenvalue weighted by atomic mass is 9.99. The number of aliphatic carboxylic acids is 1. The molecule has 1 amide bonds. The molecule has 16 heavy (non-hydrogen) atoms. The van der Waals surface area contributed by atoms with Crippen LogP contribution in [0.4, 0.5) is 0 Å². The third-order valence-electron chi connectivity index (χ3n) is 2.59. The van der Waals surface area contributed by atoms with Crippen molar-refractivity contribution in [2.24, 2.45) is 11.7 Å². The van der Waals surface area contributed by atoms with E-state index in [1.54, 1.807) is 0 Å². The lowest BCUT2D eigenvalue weighted by Crippen LogP contribution is -2.50. The minimum atomic E-state index is -1.17. The Kier molecular flexibility index (Phi) is 6.67. The summed E-state index contributed by atoms with van der Waals surface area (Å²) in [5, 5.41) is 19.7. The van der Waals surface area contributed by atoms with Gasteiger partial charge in [-0.1, -0.05) is 20.3 Å². The molecule has 5 N–H and O–H groups in total. The van der Waals surface area contributed by atoms with Gasteiger partial charge in [0.25, 0.3) is 0 Å². The van der Waals surface area contributed by atoms with E-state index in [4.69, 9.17) is 15.9 Å². The topological polar surface area (TPSA) is 113 Å². The Bertz CT molecular complexity index is 245. The third kappa shape index (κ3) is 4.59. The van der Waals surface area contributed by atoms with Gasteiger partial charge in [-0.2, -0.15) is 0 Å². The van der Waals surface area contributed by atoms with Crippen molar-refractivity contribution < 1.29 is 19.8 Å². The Hall–Kier alpha value is -1.14. The Morgan fingerprint density at radius 3 is 2.38 bits per heavy atom. The van der Waals surface area contributed by atoms with Gasteiger partial charge in [-0.05, 0) is 5.92 Å². The van der Waals surface area contributed by atoms with Crippen LogP contribution in [0.2, 0.25) is 0 Å². The molecule has 0 aliphatic heterocycles. The molecule has 0 heterocycles. The molecule has 0 saturated carbocycles. The van der Waals surface area contributed by atoms with Crippen molar-refractivity contribution >= 4 is 11.9 Å². The average Bonchev–Trinajstić information content (AvgIpc) is 2.25. The highest BCUT2D eigenvalue weighted by Gasteiger charge is 2.25. The summed E-state index contributed by atoms with van der Waals surface area (Å²) in [4.78, 5) is 22.3. The summed E-state index contributed by atoms with van der Waals surface area (Å²) in [7, 11) is 0. The SMILES string of the molecule is CCC(C)C(N)C(=O)N[C@@H](CCO)C(=O)O. The largest absolute Gasteiger partial charge is 0.480 e. The molecule has 0 spiro atoms. The van der Waals surface area contributed by atoms with Gasteiger partial charge < -0.3 is 21.3 Å². The monoisotopic (exact) mass is 232 g/mol. The van der Waals surface area contributed by atoms with E-state index in [1.165, 1.54) is 0 Å². The molecule has 6 heteroatoms. The number of nitrogens with two attached hydrogens (primary N) is 1. The normalized spacial score (nSPS) is 16.2. The maximum Gasteiger partial charge on any atom is 0.326 e. The number of nitrogens with one attached hydrogen (secondary N) is 1. The zero-order chi connectivity index (χ0) is 12.7. The molecule has 0 bridgehead atoms. The van der Waals surface area contributed by atoms with Gasteiger partial charge in [0.15, 0.2) is 0 Å². The summed E-state index contributed by atoms with van der Waals surface area (Å²) < 4.78 is 0. The second-order valence-electron chi connectivity index (χ2n) is 3.82. The van der Waals surface area contributed by atoms with E-state index in [9.17, 15) is 9.59 Å².